The van der Waals surface area contributed by atoms with Crippen molar-refractivity contribution in [1.82, 2.24) is 10.6 Å². The van der Waals surface area contributed by atoms with Crippen LogP contribution >= 0.6 is 15.9 Å². The summed E-state index contributed by atoms with van der Waals surface area (Å²) in [5.74, 6) is -0.591. The van der Waals surface area contributed by atoms with E-state index < -0.39 is 11.9 Å². The van der Waals surface area contributed by atoms with Gasteiger partial charge in [0.1, 0.15) is 0 Å². The minimum atomic E-state index is -0.540. The second-order valence-electron chi connectivity index (χ2n) is 4.01. The van der Waals surface area contributed by atoms with E-state index in [0.717, 1.165) is 4.47 Å². The predicted octanol–water partition coefficient (Wildman–Crippen LogP) is 1.91. The second kappa shape index (κ2) is 7.64. The van der Waals surface area contributed by atoms with E-state index in [1.54, 1.807) is 25.1 Å². The lowest BCUT2D eigenvalue weighted by atomic mass is 10.1. The Labute approximate surface area is 125 Å². The molecule has 0 heterocycles. The zero-order chi connectivity index (χ0) is 15.1. The lowest BCUT2D eigenvalue weighted by Gasteiger charge is -2.10. The summed E-state index contributed by atoms with van der Waals surface area (Å²) in [6.45, 7) is 3.54. The standard InChI is InChI=1S/C13H16BrN3O3/c1-3-15-13(20)17-12(19)7-16-11-5-4-9(14)6-10(11)8(2)18/h4-6,16H,3,7H2,1-2H3,(H2,15,17,19,20). The number of amides is 3. The van der Waals surface area contributed by atoms with Gasteiger partial charge in [-0.25, -0.2) is 4.79 Å². The quantitative estimate of drug-likeness (QED) is 0.714. The summed E-state index contributed by atoms with van der Waals surface area (Å²) in [5.41, 5.74) is 1.02. The molecule has 0 aliphatic rings. The first-order valence-electron chi connectivity index (χ1n) is 6.06. The van der Waals surface area contributed by atoms with E-state index in [2.05, 4.69) is 31.9 Å². The van der Waals surface area contributed by atoms with E-state index in [1.807, 2.05) is 0 Å². The van der Waals surface area contributed by atoms with Gasteiger partial charge in [0.2, 0.25) is 5.91 Å². The Morgan fingerprint density at radius 3 is 2.55 bits per heavy atom. The van der Waals surface area contributed by atoms with Gasteiger partial charge in [-0.2, -0.15) is 0 Å². The Morgan fingerprint density at radius 1 is 1.25 bits per heavy atom. The van der Waals surface area contributed by atoms with Crippen LogP contribution in [0.25, 0.3) is 0 Å². The van der Waals surface area contributed by atoms with Gasteiger partial charge in [0.25, 0.3) is 0 Å². The van der Waals surface area contributed by atoms with Crippen LogP contribution in [0.15, 0.2) is 22.7 Å². The van der Waals surface area contributed by atoms with Crippen LogP contribution in [0.5, 0.6) is 0 Å². The maximum absolute atomic E-state index is 11.5. The smallest absolute Gasteiger partial charge is 0.321 e. The number of rotatable bonds is 5. The van der Waals surface area contributed by atoms with Crippen molar-refractivity contribution in [2.75, 3.05) is 18.4 Å². The molecule has 6 nitrogen and oxygen atoms in total. The van der Waals surface area contributed by atoms with Crippen molar-refractivity contribution in [2.45, 2.75) is 13.8 Å². The third-order valence-corrected chi connectivity index (χ3v) is 2.88. The molecule has 3 N–H and O–H groups in total. The largest absolute Gasteiger partial charge is 0.376 e. The van der Waals surface area contributed by atoms with Gasteiger partial charge in [-0.15, -0.1) is 0 Å². The van der Waals surface area contributed by atoms with Crippen molar-refractivity contribution in [1.29, 1.82) is 0 Å². The summed E-state index contributed by atoms with van der Waals surface area (Å²) in [7, 11) is 0. The van der Waals surface area contributed by atoms with Gasteiger partial charge in [0.15, 0.2) is 5.78 Å². The minimum Gasteiger partial charge on any atom is -0.376 e. The van der Waals surface area contributed by atoms with Crippen LogP contribution in [-0.2, 0) is 4.79 Å². The molecule has 1 aromatic rings. The van der Waals surface area contributed by atoms with Gasteiger partial charge in [-0.1, -0.05) is 15.9 Å². The average Bonchev–Trinajstić information content (AvgIpc) is 2.37. The molecule has 1 rings (SSSR count). The Bertz CT molecular complexity index is 532. The van der Waals surface area contributed by atoms with E-state index >= 15 is 0 Å². The molecule has 0 fully saturated rings. The second-order valence-corrected chi connectivity index (χ2v) is 4.92. The number of anilines is 1. The van der Waals surface area contributed by atoms with Crippen LogP contribution < -0.4 is 16.0 Å². The Kier molecular flexibility index (Phi) is 6.17. The fourth-order valence-electron chi connectivity index (χ4n) is 1.51. The number of imide groups is 1. The molecule has 0 bridgehead atoms. The predicted molar refractivity (Wildman–Crippen MR) is 79.9 cm³/mol. The van der Waals surface area contributed by atoms with Crippen molar-refractivity contribution >= 4 is 39.3 Å². The summed E-state index contributed by atoms with van der Waals surface area (Å²) < 4.78 is 0.778. The molecule has 20 heavy (non-hydrogen) atoms. The van der Waals surface area contributed by atoms with Gasteiger partial charge >= 0.3 is 6.03 Å². The van der Waals surface area contributed by atoms with Crippen LogP contribution in [0, 0.1) is 0 Å². The van der Waals surface area contributed by atoms with E-state index in [1.165, 1.54) is 6.92 Å². The summed E-state index contributed by atoms with van der Waals surface area (Å²) in [4.78, 5) is 34.2. The van der Waals surface area contributed by atoms with Crippen molar-refractivity contribution in [3.63, 3.8) is 0 Å². The molecule has 0 aliphatic heterocycles. The molecule has 0 atom stereocenters. The van der Waals surface area contributed by atoms with Crippen LogP contribution in [-0.4, -0.2) is 30.8 Å². The molecule has 108 valence electrons. The highest BCUT2D eigenvalue weighted by molar-refractivity contribution is 9.10. The molecule has 0 saturated carbocycles. The Hall–Kier alpha value is -1.89. The van der Waals surface area contributed by atoms with Gasteiger partial charge in [-0.05, 0) is 32.0 Å². The molecule has 0 unspecified atom stereocenters. The molecule has 0 spiro atoms. The topological polar surface area (TPSA) is 87.3 Å². The van der Waals surface area contributed by atoms with Crippen molar-refractivity contribution in [3.8, 4) is 0 Å². The van der Waals surface area contributed by atoms with Gasteiger partial charge in [-0.3, -0.25) is 14.9 Å². The molecular weight excluding hydrogens is 326 g/mol. The Morgan fingerprint density at radius 2 is 1.95 bits per heavy atom. The molecule has 0 aromatic heterocycles. The minimum absolute atomic E-state index is 0.0982. The number of ketones is 1. The van der Waals surface area contributed by atoms with Crippen LogP contribution in [0.2, 0.25) is 0 Å². The maximum atomic E-state index is 11.5. The lowest BCUT2D eigenvalue weighted by molar-refractivity contribution is -0.118. The van der Waals surface area contributed by atoms with Gasteiger partial charge < -0.3 is 10.6 Å². The zero-order valence-corrected chi connectivity index (χ0v) is 12.8. The summed E-state index contributed by atoms with van der Waals surface area (Å²) in [5, 5.41) is 7.45. The number of benzene rings is 1. The first-order valence-corrected chi connectivity index (χ1v) is 6.85. The molecule has 0 aliphatic carbocycles. The van der Waals surface area contributed by atoms with E-state index in [-0.39, 0.29) is 12.3 Å². The Balaban J connectivity index is 2.64. The number of Topliss-reactive ketones (excluding diaryl/α,β-unsaturated/α-hetero) is 1. The molecule has 7 heteroatoms. The number of carbonyl (C=O) groups excluding carboxylic acids is 3. The normalized spacial score (nSPS) is 9.75. The monoisotopic (exact) mass is 341 g/mol. The van der Waals surface area contributed by atoms with Crippen molar-refractivity contribution < 1.29 is 14.4 Å². The molecule has 0 saturated heterocycles. The van der Waals surface area contributed by atoms with E-state index in [9.17, 15) is 14.4 Å². The summed E-state index contributed by atoms with van der Waals surface area (Å²) in [6, 6.07) is 4.59. The highest BCUT2D eigenvalue weighted by atomic mass is 79.9. The SMILES string of the molecule is CCNC(=O)NC(=O)CNc1ccc(Br)cc1C(C)=O. The number of nitrogens with one attached hydrogen (secondary N) is 3. The molecule has 3 amide bonds. The van der Waals surface area contributed by atoms with E-state index in [4.69, 9.17) is 0 Å². The lowest BCUT2D eigenvalue weighted by Crippen LogP contribution is -2.41. The maximum Gasteiger partial charge on any atom is 0.321 e. The fourth-order valence-corrected chi connectivity index (χ4v) is 1.87. The van der Waals surface area contributed by atoms with Crippen LogP contribution in [0.3, 0.4) is 0 Å². The van der Waals surface area contributed by atoms with Crippen LogP contribution in [0.1, 0.15) is 24.2 Å². The molecule has 0 radical (unpaired) electrons. The highest BCUT2D eigenvalue weighted by Gasteiger charge is 2.10. The fraction of sp³-hybridized carbons (Fsp3) is 0.308. The number of halogens is 1. The summed E-state index contributed by atoms with van der Waals surface area (Å²) >= 11 is 3.28. The van der Waals surface area contributed by atoms with Crippen molar-refractivity contribution in [2.24, 2.45) is 0 Å². The van der Waals surface area contributed by atoms with Gasteiger partial charge in [0, 0.05) is 22.3 Å². The molecule has 1 aromatic carbocycles. The number of urea groups is 1. The number of carbonyl (C=O) groups is 3. The first-order chi connectivity index (χ1) is 9.43. The molecular formula is C13H16BrN3O3. The number of hydrogen-bond acceptors (Lipinski definition) is 4. The average molecular weight is 342 g/mol. The number of hydrogen-bond donors (Lipinski definition) is 3. The zero-order valence-electron chi connectivity index (χ0n) is 11.2. The highest BCUT2D eigenvalue weighted by Crippen LogP contribution is 2.21. The third-order valence-electron chi connectivity index (χ3n) is 2.39. The third kappa shape index (κ3) is 5.00. The van der Waals surface area contributed by atoms with E-state index in [0.29, 0.717) is 17.8 Å². The summed E-state index contributed by atoms with van der Waals surface area (Å²) in [6.07, 6.45) is 0. The van der Waals surface area contributed by atoms with Crippen molar-refractivity contribution in [3.05, 3.63) is 28.2 Å². The van der Waals surface area contributed by atoms with Crippen LogP contribution in [0.4, 0.5) is 10.5 Å². The van der Waals surface area contributed by atoms with Gasteiger partial charge in [0.05, 0.1) is 6.54 Å². The first kappa shape index (κ1) is 16.2.